The van der Waals surface area contributed by atoms with Crippen molar-refractivity contribution >= 4 is 87.3 Å². The summed E-state index contributed by atoms with van der Waals surface area (Å²) in [5.41, 5.74) is 21.4. The SMILES string of the molecule is C.CC(=O)NC1CCC(Nc2nc(NCc3ccc(-c4ccoc4)cc3)c3ncn(C(C)C)c3n2)CC1.CC(C)n1cnc2c(NCc3ccc(-c4ccoc4)cc3)nc(NC3CCC(N)CC3)nc21.CCCN(CCC)C1CCC(Nc2nc(NCc3ccc(-c4ccoc4)cc3)c3ncn(C(C)C)c3n2)CC1.OB(O)c1ccoc1. The van der Waals surface area contributed by atoms with Crippen molar-refractivity contribution in [2.75, 3.05) is 45.0 Å². The number of nitrogens with zero attached hydrogens (tertiary/aromatic N) is 13. The molecule has 117 heavy (non-hydrogen) atoms. The van der Waals surface area contributed by atoms with E-state index in [1.807, 2.05) is 37.2 Å². The summed E-state index contributed by atoms with van der Waals surface area (Å²) in [7, 11) is -1.41. The molecule has 10 aromatic heterocycles. The third-order valence-electron chi connectivity index (χ3n) is 21.7. The second-order valence-electron chi connectivity index (χ2n) is 31.4. The van der Waals surface area contributed by atoms with E-state index in [0.717, 1.165) is 154 Å². The van der Waals surface area contributed by atoms with Crippen molar-refractivity contribution in [2.24, 2.45) is 5.73 Å². The van der Waals surface area contributed by atoms with Crippen LogP contribution in [0.15, 0.2) is 184 Å². The van der Waals surface area contributed by atoms with Gasteiger partial charge in [0.05, 0.1) is 69.1 Å². The van der Waals surface area contributed by atoms with Crippen LogP contribution in [0.2, 0.25) is 0 Å². The van der Waals surface area contributed by atoms with Crippen molar-refractivity contribution in [1.29, 1.82) is 0 Å². The van der Waals surface area contributed by atoms with Crippen LogP contribution < -0.4 is 48.4 Å². The first kappa shape index (κ1) is 85.0. The molecule has 0 radical (unpaired) electrons. The normalized spacial score (nSPS) is 17.3. The van der Waals surface area contributed by atoms with Crippen molar-refractivity contribution < 1.29 is 32.5 Å². The number of fused-ring (bicyclic) bond motifs is 3. The predicted octanol–water partition coefficient (Wildman–Crippen LogP) is 16.8. The van der Waals surface area contributed by atoms with E-state index < -0.39 is 7.12 Å². The van der Waals surface area contributed by atoms with E-state index in [4.69, 9.17) is 58.9 Å². The van der Waals surface area contributed by atoms with Gasteiger partial charge in [0.2, 0.25) is 23.8 Å². The van der Waals surface area contributed by atoms with E-state index in [0.29, 0.717) is 72.9 Å². The predicted molar refractivity (Wildman–Crippen MR) is 466 cm³/mol. The minimum absolute atomic E-state index is 0. The summed E-state index contributed by atoms with van der Waals surface area (Å²) in [5, 5.41) is 41.1. The topological polar surface area (TPSA) is 354 Å². The highest BCUT2D eigenvalue weighted by molar-refractivity contribution is 6.58. The van der Waals surface area contributed by atoms with E-state index in [2.05, 4.69) is 203 Å². The summed E-state index contributed by atoms with van der Waals surface area (Å²) in [4.78, 5) is 57.1. The first-order chi connectivity index (χ1) is 56.4. The van der Waals surface area contributed by atoms with E-state index in [1.54, 1.807) is 44.5 Å². The fourth-order valence-electron chi connectivity index (χ4n) is 15.3. The van der Waals surface area contributed by atoms with Crippen molar-refractivity contribution in [2.45, 2.75) is 234 Å². The quantitative estimate of drug-likeness (QED) is 0.0204. The molecule has 3 saturated carbocycles. The third kappa shape index (κ3) is 22.6. The summed E-state index contributed by atoms with van der Waals surface area (Å²) in [6, 6.07) is 35.8. The van der Waals surface area contributed by atoms with Gasteiger partial charge < -0.3 is 89.3 Å². The Morgan fingerprint density at radius 1 is 0.453 bits per heavy atom. The molecule has 11 N–H and O–H groups in total. The molecular formula is C88H116BN21O7. The lowest BCUT2D eigenvalue weighted by molar-refractivity contribution is -0.119. The molecule has 28 nitrogen and oxygen atoms in total. The number of hydrogen-bond donors (Lipinski definition) is 10. The Balaban J connectivity index is 0.000000153. The highest BCUT2D eigenvalue weighted by Crippen LogP contribution is 2.33. The molecule has 0 atom stereocenters. The summed E-state index contributed by atoms with van der Waals surface area (Å²) < 4.78 is 26.4. The first-order valence-corrected chi connectivity index (χ1v) is 41.1. The van der Waals surface area contributed by atoms with Crippen LogP contribution in [0.4, 0.5) is 35.3 Å². The average Bonchev–Trinajstić information content (AvgIpc) is 1.67. The average molecular weight is 1590 g/mol. The van der Waals surface area contributed by atoms with Gasteiger partial charge in [0.15, 0.2) is 50.9 Å². The second kappa shape index (κ2) is 40.9. The Labute approximate surface area is 685 Å². The number of aromatic nitrogens is 12. The molecule has 0 spiro atoms. The number of nitrogens with two attached hydrogens (primary N) is 1. The molecule has 0 unspecified atom stereocenters. The number of furan rings is 4. The lowest BCUT2D eigenvalue weighted by Crippen LogP contribution is -2.41. The zero-order valence-electron chi connectivity index (χ0n) is 68.1. The summed E-state index contributed by atoms with van der Waals surface area (Å²) in [6.45, 7) is 23.3. The van der Waals surface area contributed by atoms with Crippen LogP contribution in [0.3, 0.4) is 0 Å². The van der Waals surface area contributed by atoms with Gasteiger partial charge >= 0.3 is 7.12 Å². The number of carbonyl (C=O) groups excluding carboxylic acids is 1. The Bertz CT molecular complexity index is 5120. The van der Waals surface area contributed by atoms with Crippen LogP contribution >= 0.6 is 0 Å². The zero-order chi connectivity index (χ0) is 81.0. The lowest BCUT2D eigenvalue weighted by atomic mass is 9.83. The number of hydrogen-bond acceptors (Lipinski definition) is 24. The fourth-order valence-corrected chi connectivity index (χ4v) is 15.3. The number of benzene rings is 3. The van der Waals surface area contributed by atoms with Gasteiger partial charge in [-0.2, -0.15) is 29.9 Å². The van der Waals surface area contributed by atoms with Gasteiger partial charge in [-0.15, -0.1) is 0 Å². The number of nitrogens with one attached hydrogen (secondary N) is 7. The zero-order valence-corrected chi connectivity index (χ0v) is 68.1. The molecule has 1 amide bonds. The largest absolute Gasteiger partial charge is 0.491 e. The molecule has 29 heteroatoms. The summed E-state index contributed by atoms with van der Waals surface area (Å²) in [6.07, 6.45) is 33.7. The van der Waals surface area contributed by atoms with Crippen LogP contribution in [-0.2, 0) is 24.4 Å². The molecule has 16 rings (SSSR count). The van der Waals surface area contributed by atoms with Crippen LogP contribution in [0.25, 0.3) is 66.9 Å². The molecule has 3 fully saturated rings. The van der Waals surface area contributed by atoms with Crippen LogP contribution in [0.1, 0.15) is 194 Å². The molecule has 618 valence electrons. The third-order valence-corrected chi connectivity index (χ3v) is 21.7. The molecule has 3 aliphatic rings. The highest BCUT2D eigenvalue weighted by Gasteiger charge is 2.29. The number of anilines is 6. The molecule has 3 aliphatic carbocycles. The Morgan fingerprint density at radius 2 is 0.778 bits per heavy atom. The van der Waals surface area contributed by atoms with Gasteiger partial charge in [0.25, 0.3) is 0 Å². The van der Waals surface area contributed by atoms with E-state index in [-0.39, 0.29) is 43.5 Å². The minimum atomic E-state index is -1.41. The number of rotatable bonds is 28. The van der Waals surface area contributed by atoms with Crippen LogP contribution in [0, 0.1) is 0 Å². The molecule has 13 aromatic rings. The maximum absolute atomic E-state index is 11.4. The van der Waals surface area contributed by atoms with Crippen LogP contribution in [-0.4, -0.2) is 136 Å². The first-order valence-electron chi connectivity index (χ1n) is 41.1. The molecular weight excluding hydrogens is 1470 g/mol. The second-order valence-corrected chi connectivity index (χ2v) is 31.4. The van der Waals surface area contributed by atoms with Crippen LogP contribution in [0.5, 0.6) is 0 Å². The van der Waals surface area contributed by atoms with Gasteiger partial charge in [-0.25, -0.2) is 15.0 Å². The minimum Gasteiger partial charge on any atom is -0.473 e. The van der Waals surface area contributed by atoms with Gasteiger partial charge in [0, 0.05) is 103 Å². The van der Waals surface area contributed by atoms with E-state index in [9.17, 15) is 4.79 Å². The van der Waals surface area contributed by atoms with E-state index in [1.165, 1.54) is 62.9 Å². The molecule has 0 saturated heterocycles. The Morgan fingerprint density at radius 3 is 1.07 bits per heavy atom. The van der Waals surface area contributed by atoms with Crippen molar-refractivity contribution in [3.05, 3.63) is 183 Å². The maximum atomic E-state index is 11.4. The van der Waals surface area contributed by atoms with Crippen molar-refractivity contribution in [3.8, 4) is 33.4 Å². The molecule has 10 heterocycles. The molecule has 0 aliphatic heterocycles. The maximum Gasteiger partial charge on any atom is 0.491 e. The Hall–Kier alpha value is -11.4. The monoisotopic (exact) mass is 1590 g/mol. The van der Waals surface area contributed by atoms with Gasteiger partial charge in [0.1, 0.15) is 0 Å². The number of amides is 1. The summed E-state index contributed by atoms with van der Waals surface area (Å²) in [5.74, 6) is 4.19. The van der Waals surface area contributed by atoms with Crippen molar-refractivity contribution in [3.63, 3.8) is 0 Å². The van der Waals surface area contributed by atoms with Gasteiger partial charge in [-0.1, -0.05) is 94.1 Å². The molecule has 0 bridgehead atoms. The summed E-state index contributed by atoms with van der Waals surface area (Å²) >= 11 is 0. The van der Waals surface area contributed by atoms with Crippen molar-refractivity contribution in [1.82, 2.24) is 68.8 Å². The molecule has 3 aromatic carbocycles. The lowest BCUT2D eigenvalue weighted by Gasteiger charge is -2.37. The number of imidazole rings is 3. The smallest absolute Gasteiger partial charge is 0.473 e. The number of carbonyl (C=O) groups is 1. The van der Waals surface area contributed by atoms with Gasteiger partial charge in [-0.05, 0) is 202 Å². The fraction of sp³-hybridized carbons (Fsp3) is 0.432. The van der Waals surface area contributed by atoms with E-state index >= 15 is 0 Å². The Kier molecular flexibility index (Phi) is 29.7. The standard InChI is InChI=1S/C31H43N7O.C27H33N7O2.C25H31N7O.C4H5BO3.CH4/c1-5-16-37(17-6-2)27-13-11-26(12-14-27)34-31-35-29(28-30(36-31)38(21-33-28)22(3)4)32-19-23-7-9-24(10-8-23)25-15-18-39-20-25;1-17(2)34-16-29-24-25(28-14-19-4-6-20(7-5-19)21-12-13-36-15-21)32-27(33-26(24)34)31-23-10-8-22(9-11-23)30-18(3)35;1-16(2)32-15-28-22-23(27-13-17-3-5-18(6-4-17)19-11-12-33-14-19)30-25(31-24(22)32)29-21-9-7-20(26)8-10-21;6-5(7)4-1-2-8-3-4;/h7-10,15,18,20-22,26-27H,5-6,11-14,16-17,19H2,1-4H3,(H2,32,34,35,36);4-7,12-13,15-17,22-23H,8-11,14H2,1-3H3,(H,30,35)(H2,28,31,32,33);3-6,11-12,14-16,20-21H,7-10,13,26H2,1-2H3,(H2,27,29,30,31);1-3,6-7H;1H4. The highest BCUT2D eigenvalue weighted by atomic mass is 16.4. The van der Waals surface area contributed by atoms with Gasteiger partial charge in [-0.3, -0.25) is 4.79 Å².